The Bertz CT molecular complexity index is 457. The minimum absolute atomic E-state index is 0.0310. The molecule has 2 rings (SSSR count). The predicted molar refractivity (Wildman–Crippen MR) is 67.9 cm³/mol. The molecule has 0 aliphatic carbocycles. The van der Waals surface area contributed by atoms with Crippen LogP contribution in [0.5, 0.6) is 0 Å². The molecule has 1 unspecified atom stereocenters. The Hall–Kier alpha value is -1.55. The number of rotatable bonds is 2. The van der Waals surface area contributed by atoms with Gasteiger partial charge in [-0.05, 0) is 37.1 Å². The van der Waals surface area contributed by atoms with Gasteiger partial charge in [0.05, 0.1) is 11.4 Å². The first-order valence-corrected chi connectivity index (χ1v) is 5.81. The normalized spacial score (nSPS) is 20.1. The minimum atomic E-state index is 0.0310. The molecule has 1 heterocycles. The third-order valence-electron chi connectivity index (χ3n) is 3.40. The maximum atomic E-state index is 11.9. The van der Waals surface area contributed by atoms with Crippen molar-refractivity contribution in [2.24, 2.45) is 5.92 Å². The second-order valence-corrected chi connectivity index (χ2v) is 4.75. The van der Waals surface area contributed by atoms with E-state index >= 15 is 0 Å². The number of carbonyl (C=O) groups is 1. The van der Waals surface area contributed by atoms with Crippen LogP contribution in [0.25, 0.3) is 0 Å². The second kappa shape index (κ2) is 4.37. The SMILES string of the molecule is Cc1cc(N)c(N2CC(CO)CC2=O)cc1C. The molecule has 1 aromatic carbocycles. The first kappa shape index (κ1) is 11.9. The topological polar surface area (TPSA) is 66.6 Å². The number of hydrogen-bond acceptors (Lipinski definition) is 3. The summed E-state index contributed by atoms with van der Waals surface area (Å²) in [5, 5.41) is 9.11. The molecule has 1 aliphatic rings. The maximum Gasteiger partial charge on any atom is 0.227 e. The van der Waals surface area contributed by atoms with E-state index in [1.165, 1.54) is 0 Å². The van der Waals surface area contributed by atoms with Gasteiger partial charge in [0.2, 0.25) is 5.91 Å². The lowest BCUT2D eigenvalue weighted by molar-refractivity contribution is -0.117. The van der Waals surface area contributed by atoms with E-state index in [0.717, 1.165) is 16.8 Å². The monoisotopic (exact) mass is 234 g/mol. The van der Waals surface area contributed by atoms with E-state index in [4.69, 9.17) is 10.8 Å². The molecule has 1 fully saturated rings. The lowest BCUT2D eigenvalue weighted by Crippen LogP contribution is -2.26. The van der Waals surface area contributed by atoms with Crippen LogP contribution in [0.4, 0.5) is 11.4 Å². The van der Waals surface area contributed by atoms with Gasteiger partial charge in [0.1, 0.15) is 0 Å². The standard InChI is InChI=1S/C13H18N2O2/c1-8-3-11(14)12(4-9(8)2)15-6-10(7-16)5-13(15)17/h3-4,10,16H,5-7,14H2,1-2H3. The van der Waals surface area contributed by atoms with Crippen LogP contribution >= 0.6 is 0 Å². The van der Waals surface area contributed by atoms with Crippen molar-refractivity contribution in [2.75, 3.05) is 23.8 Å². The van der Waals surface area contributed by atoms with Crippen molar-refractivity contribution < 1.29 is 9.90 Å². The van der Waals surface area contributed by atoms with Gasteiger partial charge < -0.3 is 15.7 Å². The van der Waals surface area contributed by atoms with Crippen molar-refractivity contribution in [2.45, 2.75) is 20.3 Å². The van der Waals surface area contributed by atoms with Crippen molar-refractivity contribution in [1.29, 1.82) is 0 Å². The number of aliphatic hydroxyl groups is 1. The Balaban J connectivity index is 2.35. The lowest BCUT2D eigenvalue weighted by atomic mass is 10.1. The van der Waals surface area contributed by atoms with Gasteiger partial charge in [-0.25, -0.2) is 0 Å². The molecular formula is C13H18N2O2. The molecule has 92 valence electrons. The zero-order valence-electron chi connectivity index (χ0n) is 10.2. The molecule has 1 amide bonds. The number of hydrogen-bond donors (Lipinski definition) is 2. The highest BCUT2D eigenvalue weighted by atomic mass is 16.3. The van der Waals surface area contributed by atoms with Crippen LogP contribution in [0.15, 0.2) is 12.1 Å². The van der Waals surface area contributed by atoms with Crippen LogP contribution in [-0.4, -0.2) is 24.2 Å². The molecule has 0 radical (unpaired) electrons. The van der Waals surface area contributed by atoms with Gasteiger partial charge in [-0.2, -0.15) is 0 Å². The number of aliphatic hydroxyl groups excluding tert-OH is 1. The third kappa shape index (κ3) is 2.13. The molecule has 0 saturated carbocycles. The fourth-order valence-electron chi connectivity index (χ4n) is 2.19. The van der Waals surface area contributed by atoms with Crippen molar-refractivity contribution >= 4 is 17.3 Å². The van der Waals surface area contributed by atoms with Crippen LogP contribution in [0.2, 0.25) is 0 Å². The number of nitrogen functional groups attached to an aromatic ring is 1. The molecule has 0 aromatic heterocycles. The highest BCUT2D eigenvalue weighted by Gasteiger charge is 2.31. The van der Waals surface area contributed by atoms with Gasteiger partial charge in [0.25, 0.3) is 0 Å². The van der Waals surface area contributed by atoms with Crippen LogP contribution in [0.3, 0.4) is 0 Å². The molecule has 1 aromatic rings. The Morgan fingerprint density at radius 2 is 2.06 bits per heavy atom. The fraction of sp³-hybridized carbons (Fsp3) is 0.462. The summed E-state index contributed by atoms with van der Waals surface area (Å²) in [6.07, 6.45) is 0.406. The number of benzene rings is 1. The quantitative estimate of drug-likeness (QED) is 0.756. The van der Waals surface area contributed by atoms with Crippen molar-refractivity contribution in [1.82, 2.24) is 0 Å². The van der Waals surface area contributed by atoms with Crippen molar-refractivity contribution in [3.63, 3.8) is 0 Å². The molecule has 17 heavy (non-hydrogen) atoms. The van der Waals surface area contributed by atoms with Crippen LogP contribution < -0.4 is 10.6 Å². The van der Waals surface area contributed by atoms with Gasteiger partial charge in [-0.15, -0.1) is 0 Å². The largest absolute Gasteiger partial charge is 0.397 e. The lowest BCUT2D eigenvalue weighted by Gasteiger charge is -2.20. The van der Waals surface area contributed by atoms with Crippen LogP contribution in [0, 0.1) is 19.8 Å². The van der Waals surface area contributed by atoms with E-state index in [9.17, 15) is 4.79 Å². The van der Waals surface area contributed by atoms with Crippen molar-refractivity contribution in [3.8, 4) is 0 Å². The first-order valence-electron chi connectivity index (χ1n) is 5.81. The van der Waals surface area contributed by atoms with E-state index in [0.29, 0.717) is 18.7 Å². The summed E-state index contributed by atoms with van der Waals surface area (Å²) in [6.45, 7) is 4.61. The predicted octanol–water partition coefficient (Wildman–Crippen LogP) is 1.23. The third-order valence-corrected chi connectivity index (χ3v) is 3.40. The van der Waals surface area contributed by atoms with Gasteiger partial charge in [-0.1, -0.05) is 0 Å². The molecule has 0 spiro atoms. The Morgan fingerprint density at radius 3 is 2.65 bits per heavy atom. The summed E-state index contributed by atoms with van der Waals surface area (Å²) < 4.78 is 0. The Labute approximate surface area is 101 Å². The average molecular weight is 234 g/mol. The van der Waals surface area contributed by atoms with Crippen LogP contribution in [0.1, 0.15) is 17.5 Å². The minimum Gasteiger partial charge on any atom is -0.397 e. The highest BCUT2D eigenvalue weighted by molar-refractivity contribution is 5.98. The van der Waals surface area contributed by atoms with E-state index < -0.39 is 0 Å². The molecule has 1 atom stereocenters. The number of aryl methyl sites for hydroxylation is 2. The summed E-state index contributed by atoms with van der Waals surface area (Å²) in [4.78, 5) is 13.5. The van der Waals surface area contributed by atoms with E-state index in [1.807, 2.05) is 26.0 Å². The number of anilines is 2. The van der Waals surface area contributed by atoms with Crippen molar-refractivity contribution in [3.05, 3.63) is 23.3 Å². The Kier molecular flexibility index (Phi) is 3.07. The average Bonchev–Trinajstić information content (AvgIpc) is 2.65. The summed E-state index contributed by atoms with van der Waals surface area (Å²) >= 11 is 0. The van der Waals surface area contributed by atoms with Gasteiger partial charge >= 0.3 is 0 Å². The molecule has 4 nitrogen and oxygen atoms in total. The van der Waals surface area contributed by atoms with E-state index in [2.05, 4.69) is 0 Å². The van der Waals surface area contributed by atoms with Crippen LogP contribution in [-0.2, 0) is 4.79 Å². The summed E-state index contributed by atoms with van der Waals surface area (Å²) in [5.74, 6) is 0.0718. The molecule has 3 N–H and O–H groups in total. The van der Waals surface area contributed by atoms with Gasteiger partial charge in [0, 0.05) is 25.5 Å². The number of carbonyl (C=O) groups excluding carboxylic acids is 1. The van der Waals surface area contributed by atoms with Gasteiger partial charge in [-0.3, -0.25) is 4.79 Å². The summed E-state index contributed by atoms with van der Waals surface area (Å²) in [7, 11) is 0. The first-order chi connectivity index (χ1) is 8.02. The second-order valence-electron chi connectivity index (χ2n) is 4.75. The summed E-state index contributed by atoms with van der Waals surface area (Å²) in [6, 6.07) is 3.84. The molecule has 4 heteroatoms. The zero-order chi connectivity index (χ0) is 12.6. The molecular weight excluding hydrogens is 216 g/mol. The molecule has 1 aliphatic heterocycles. The van der Waals surface area contributed by atoms with E-state index in [-0.39, 0.29) is 18.4 Å². The Morgan fingerprint density at radius 1 is 1.41 bits per heavy atom. The number of amides is 1. The molecule has 1 saturated heterocycles. The highest BCUT2D eigenvalue weighted by Crippen LogP contribution is 2.31. The smallest absolute Gasteiger partial charge is 0.227 e. The fourth-order valence-corrected chi connectivity index (χ4v) is 2.19. The van der Waals surface area contributed by atoms with Gasteiger partial charge in [0.15, 0.2) is 0 Å². The number of nitrogens with two attached hydrogens (primary N) is 1. The molecule has 0 bridgehead atoms. The maximum absolute atomic E-state index is 11.9. The van der Waals surface area contributed by atoms with E-state index in [1.54, 1.807) is 4.90 Å². The zero-order valence-corrected chi connectivity index (χ0v) is 10.2. The number of nitrogens with zero attached hydrogens (tertiary/aromatic N) is 1. The summed E-state index contributed by atoms with van der Waals surface area (Å²) in [5.41, 5.74) is 9.60.